The van der Waals surface area contributed by atoms with Crippen molar-refractivity contribution in [3.63, 3.8) is 0 Å². The van der Waals surface area contributed by atoms with Gasteiger partial charge in [0, 0.05) is 5.56 Å². The Bertz CT molecular complexity index is 428. The van der Waals surface area contributed by atoms with Crippen LogP contribution < -0.4 is 0 Å². The average molecular weight is 230 g/mol. The third-order valence-electron chi connectivity index (χ3n) is 2.63. The zero-order chi connectivity index (χ0) is 11.2. The number of carboxylic acids is 1. The van der Waals surface area contributed by atoms with Gasteiger partial charge in [-0.15, -0.1) is 3.89 Å². The number of carboxylic acid groups (broad SMARTS) is 1. The molecule has 0 aromatic carbocycles. The van der Waals surface area contributed by atoms with Crippen molar-refractivity contribution >= 4 is 18.3 Å². The summed E-state index contributed by atoms with van der Waals surface area (Å²) in [4.78, 5) is 10.9. The second-order valence-corrected chi connectivity index (χ2v) is 5.02. The van der Waals surface area contributed by atoms with E-state index in [4.69, 9.17) is 5.11 Å². The van der Waals surface area contributed by atoms with Crippen LogP contribution in [0.25, 0.3) is 0 Å². The first-order chi connectivity index (χ1) is 6.94. The number of rotatable bonds is 2. The minimum absolute atomic E-state index is 0.00468. The molecule has 82 valence electrons. The van der Waals surface area contributed by atoms with Gasteiger partial charge in [-0.05, 0) is 18.3 Å². The Kier molecular flexibility index (Phi) is 2.26. The van der Waals surface area contributed by atoms with Crippen LogP contribution in [0.15, 0.2) is 0 Å². The van der Waals surface area contributed by atoms with E-state index in [1.807, 2.05) is 13.8 Å². The van der Waals surface area contributed by atoms with Crippen LogP contribution in [-0.4, -0.2) is 20.3 Å². The van der Waals surface area contributed by atoms with Crippen LogP contribution >= 0.6 is 12.3 Å². The van der Waals surface area contributed by atoms with E-state index in [0.29, 0.717) is 24.1 Å². The fourth-order valence-corrected chi connectivity index (χ4v) is 2.42. The van der Waals surface area contributed by atoms with Gasteiger partial charge in [-0.3, -0.25) is 0 Å². The summed E-state index contributed by atoms with van der Waals surface area (Å²) in [6.07, 6.45) is 1.31. The van der Waals surface area contributed by atoms with Gasteiger partial charge in [0.25, 0.3) is 0 Å². The van der Waals surface area contributed by atoms with E-state index in [1.165, 1.54) is 0 Å². The van der Waals surface area contributed by atoms with Gasteiger partial charge < -0.3 is 5.11 Å². The lowest BCUT2D eigenvalue weighted by molar-refractivity contribution is 0.0688. The van der Waals surface area contributed by atoms with E-state index < -0.39 is 5.97 Å². The zero-order valence-corrected chi connectivity index (χ0v) is 9.27. The molecule has 6 heteroatoms. The molecular formula is C9H11FN2O2S. The van der Waals surface area contributed by atoms with E-state index >= 15 is 0 Å². The Labute approximate surface area is 90.9 Å². The Morgan fingerprint density at radius 3 is 2.80 bits per heavy atom. The lowest BCUT2D eigenvalue weighted by atomic mass is 9.90. The molecule has 1 aliphatic carbocycles. The lowest BCUT2D eigenvalue weighted by Crippen LogP contribution is -2.13. The number of aromatic nitrogens is 2. The number of hydrogen-bond donors (Lipinski definition) is 1. The SMILES string of the molecule is CC1(C)Cc2c(C(=O)O)nn(SF)c2C1. The topological polar surface area (TPSA) is 55.1 Å². The quantitative estimate of drug-likeness (QED) is 0.845. The number of carbonyl (C=O) groups is 1. The van der Waals surface area contributed by atoms with Crippen LogP contribution in [0.2, 0.25) is 0 Å². The molecule has 1 N–H and O–H groups in total. The first kappa shape index (κ1) is 10.5. The molecule has 0 radical (unpaired) electrons. The molecule has 0 aliphatic heterocycles. The summed E-state index contributed by atoms with van der Waals surface area (Å²) in [6.45, 7) is 4.07. The normalized spacial score (nSPS) is 17.8. The minimum Gasteiger partial charge on any atom is -0.476 e. The molecule has 1 heterocycles. The lowest BCUT2D eigenvalue weighted by Gasteiger charge is -2.15. The van der Waals surface area contributed by atoms with Gasteiger partial charge in [0.15, 0.2) is 18.0 Å². The summed E-state index contributed by atoms with van der Waals surface area (Å²) in [6, 6.07) is 0. The van der Waals surface area contributed by atoms with Crippen LogP contribution in [0.3, 0.4) is 0 Å². The number of nitrogens with zero attached hydrogens (tertiary/aromatic N) is 2. The van der Waals surface area contributed by atoms with E-state index in [2.05, 4.69) is 5.10 Å². The summed E-state index contributed by atoms with van der Waals surface area (Å²) in [7, 11) is 0. The van der Waals surface area contributed by atoms with Crippen LogP contribution in [0.1, 0.15) is 35.6 Å². The van der Waals surface area contributed by atoms with E-state index in [1.54, 1.807) is 0 Å². The van der Waals surface area contributed by atoms with Gasteiger partial charge in [0.2, 0.25) is 0 Å². The third-order valence-corrected chi connectivity index (χ3v) is 3.06. The Balaban J connectivity index is 2.52. The molecular weight excluding hydrogens is 219 g/mol. The molecule has 4 nitrogen and oxygen atoms in total. The molecule has 0 amide bonds. The van der Waals surface area contributed by atoms with Crippen molar-refractivity contribution in [2.75, 3.05) is 0 Å². The van der Waals surface area contributed by atoms with Gasteiger partial charge in [0.05, 0.1) is 5.69 Å². The predicted octanol–water partition coefficient (Wildman–Crippen LogP) is 2.09. The highest BCUT2D eigenvalue weighted by molar-refractivity contribution is 7.92. The third kappa shape index (κ3) is 1.62. The van der Waals surface area contributed by atoms with Crippen LogP contribution in [0, 0.1) is 5.41 Å². The smallest absolute Gasteiger partial charge is 0.356 e. The fraction of sp³-hybridized carbons (Fsp3) is 0.556. The van der Waals surface area contributed by atoms with Crippen molar-refractivity contribution in [3.05, 3.63) is 17.0 Å². The van der Waals surface area contributed by atoms with Crippen molar-refractivity contribution in [2.45, 2.75) is 26.7 Å². The first-order valence-corrected chi connectivity index (χ1v) is 5.25. The van der Waals surface area contributed by atoms with E-state index in [9.17, 15) is 8.68 Å². The van der Waals surface area contributed by atoms with Gasteiger partial charge in [-0.2, -0.15) is 9.19 Å². The number of fused-ring (bicyclic) bond motifs is 1. The summed E-state index contributed by atoms with van der Waals surface area (Å²) in [5.41, 5.74) is 1.36. The Morgan fingerprint density at radius 1 is 1.60 bits per heavy atom. The second kappa shape index (κ2) is 3.23. The second-order valence-electron chi connectivity index (χ2n) is 4.54. The molecule has 1 aromatic heterocycles. The molecule has 15 heavy (non-hydrogen) atoms. The van der Waals surface area contributed by atoms with E-state index in [0.717, 1.165) is 4.09 Å². The predicted molar refractivity (Wildman–Crippen MR) is 54.5 cm³/mol. The maximum Gasteiger partial charge on any atom is 0.356 e. The van der Waals surface area contributed by atoms with Crippen LogP contribution in [-0.2, 0) is 12.8 Å². The van der Waals surface area contributed by atoms with Gasteiger partial charge in [-0.25, -0.2) is 4.79 Å². The summed E-state index contributed by atoms with van der Waals surface area (Å²) >= 11 is -0.0446. The van der Waals surface area contributed by atoms with Gasteiger partial charge in [0.1, 0.15) is 0 Å². The van der Waals surface area contributed by atoms with Gasteiger partial charge >= 0.3 is 5.97 Å². The largest absolute Gasteiger partial charge is 0.476 e. The first-order valence-electron chi connectivity index (χ1n) is 4.58. The van der Waals surface area contributed by atoms with Crippen molar-refractivity contribution in [1.29, 1.82) is 0 Å². The molecule has 0 unspecified atom stereocenters. The van der Waals surface area contributed by atoms with Crippen molar-refractivity contribution < 1.29 is 13.8 Å². The van der Waals surface area contributed by atoms with Crippen molar-refractivity contribution in [3.8, 4) is 0 Å². The van der Waals surface area contributed by atoms with Crippen molar-refractivity contribution in [1.82, 2.24) is 9.19 Å². The molecule has 0 bridgehead atoms. The molecule has 2 rings (SSSR count). The maximum absolute atomic E-state index is 12.5. The number of aromatic carboxylic acids is 1. The number of halogens is 1. The summed E-state index contributed by atoms with van der Waals surface area (Å²) < 4.78 is 13.6. The van der Waals surface area contributed by atoms with Crippen LogP contribution in [0.4, 0.5) is 3.89 Å². The molecule has 0 fully saturated rings. The Morgan fingerprint density at radius 2 is 2.27 bits per heavy atom. The van der Waals surface area contributed by atoms with E-state index in [-0.39, 0.29) is 23.4 Å². The highest BCUT2D eigenvalue weighted by Crippen LogP contribution is 2.39. The molecule has 0 spiro atoms. The monoisotopic (exact) mass is 230 g/mol. The molecule has 1 aliphatic rings. The zero-order valence-electron chi connectivity index (χ0n) is 8.45. The minimum atomic E-state index is -1.09. The maximum atomic E-state index is 12.5. The highest BCUT2D eigenvalue weighted by atomic mass is 32.2. The fourth-order valence-electron chi connectivity index (χ4n) is 2.05. The Hall–Kier alpha value is -1.04. The van der Waals surface area contributed by atoms with Crippen molar-refractivity contribution in [2.24, 2.45) is 5.41 Å². The standard InChI is InChI=1S/C9H11FN2O2S/c1-9(2)3-5-6(4-9)12(15-10)11-7(5)8(13)14/h3-4H2,1-2H3,(H,13,14). The molecule has 0 atom stereocenters. The number of hydrogen-bond acceptors (Lipinski definition) is 3. The molecule has 1 aromatic rings. The summed E-state index contributed by atoms with van der Waals surface area (Å²) in [5, 5.41) is 12.6. The summed E-state index contributed by atoms with van der Waals surface area (Å²) in [5.74, 6) is -1.09. The van der Waals surface area contributed by atoms with Crippen LogP contribution in [0.5, 0.6) is 0 Å². The van der Waals surface area contributed by atoms with Gasteiger partial charge in [-0.1, -0.05) is 13.8 Å². The highest BCUT2D eigenvalue weighted by Gasteiger charge is 2.36. The molecule has 0 saturated carbocycles. The average Bonchev–Trinajstić information content (AvgIpc) is 2.57. The molecule has 0 saturated heterocycles.